The maximum atomic E-state index is 13.6. The fourth-order valence-corrected chi connectivity index (χ4v) is 5.50. The first-order valence-corrected chi connectivity index (χ1v) is 11.2. The van der Waals surface area contributed by atoms with Crippen molar-refractivity contribution in [3.05, 3.63) is 58.2 Å². The highest BCUT2D eigenvalue weighted by molar-refractivity contribution is 9.10. The highest BCUT2D eigenvalue weighted by atomic mass is 79.9. The largest absolute Gasteiger partial charge is 0.503 e. The molecule has 0 unspecified atom stereocenters. The van der Waals surface area contributed by atoms with E-state index < -0.39 is 23.3 Å². The number of carbonyl (C=O) groups excluding carboxylic acids is 1. The van der Waals surface area contributed by atoms with Crippen molar-refractivity contribution in [2.24, 2.45) is 5.41 Å². The predicted molar refractivity (Wildman–Crippen MR) is 116 cm³/mol. The lowest BCUT2D eigenvalue weighted by Gasteiger charge is -2.53. The monoisotopic (exact) mass is 489 g/mol. The van der Waals surface area contributed by atoms with Crippen molar-refractivity contribution in [1.82, 2.24) is 15.1 Å². The van der Waals surface area contributed by atoms with Crippen LogP contribution in [0.3, 0.4) is 0 Å². The van der Waals surface area contributed by atoms with E-state index in [-0.39, 0.29) is 16.5 Å². The Kier molecular flexibility index (Phi) is 4.80. The smallest absolute Gasteiger partial charge is 0.251 e. The van der Waals surface area contributed by atoms with Gasteiger partial charge in [0.25, 0.3) is 5.91 Å². The Labute approximate surface area is 186 Å². The molecule has 3 saturated carbocycles. The minimum Gasteiger partial charge on any atom is -0.503 e. The normalized spacial score (nSPS) is 25.1. The average Bonchev–Trinajstić information content (AvgIpc) is 3.21. The van der Waals surface area contributed by atoms with Crippen molar-refractivity contribution < 1.29 is 18.7 Å². The molecule has 8 heteroatoms. The molecule has 3 aliphatic rings. The second kappa shape index (κ2) is 7.29. The van der Waals surface area contributed by atoms with Crippen molar-refractivity contribution in [3.8, 4) is 5.75 Å². The number of amides is 1. The van der Waals surface area contributed by atoms with Crippen molar-refractivity contribution in [1.29, 1.82) is 0 Å². The van der Waals surface area contributed by atoms with Gasteiger partial charge in [-0.25, -0.2) is 8.78 Å². The minimum atomic E-state index is -1.14. The molecule has 1 amide bonds. The number of aromatic hydroxyl groups is 1. The van der Waals surface area contributed by atoms with Crippen LogP contribution in [0.1, 0.15) is 48.9 Å². The maximum absolute atomic E-state index is 13.6. The van der Waals surface area contributed by atoms with Crippen LogP contribution in [0.25, 0.3) is 10.9 Å². The highest BCUT2D eigenvalue weighted by Crippen LogP contribution is 2.55. The summed E-state index contributed by atoms with van der Waals surface area (Å²) in [5.41, 5.74) is 0.868. The Morgan fingerprint density at radius 1 is 1.10 bits per heavy atom. The highest BCUT2D eigenvalue weighted by Gasteiger charge is 2.50. The zero-order valence-corrected chi connectivity index (χ0v) is 18.4. The molecule has 6 rings (SSSR count). The van der Waals surface area contributed by atoms with E-state index in [1.807, 2.05) is 12.1 Å². The van der Waals surface area contributed by atoms with Gasteiger partial charge in [0.2, 0.25) is 0 Å². The van der Waals surface area contributed by atoms with E-state index in [0.29, 0.717) is 6.54 Å². The molecular weight excluding hydrogens is 468 g/mol. The second-order valence-electron chi connectivity index (χ2n) is 8.97. The summed E-state index contributed by atoms with van der Waals surface area (Å²) in [5.74, 6) is -3.87. The van der Waals surface area contributed by atoms with Crippen LogP contribution in [-0.4, -0.2) is 27.3 Å². The van der Waals surface area contributed by atoms with Crippen LogP contribution in [0.4, 0.5) is 8.78 Å². The van der Waals surface area contributed by atoms with Crippen molar-refractivity contribution in [3.63, 3.8) is 0 Å². The fraction of sp³-hybridized carbons (Fsp3) is 0.391. The summed E-state index contributed by atoms with van der Waals surface area (Å²) < 4.78 is 30.3. The molecule has 2 N–H and O–H groups in total. The van der Waals surface area contributed by atoms with E-state index >= 15 is 0 Å². The molecule has 1 heterocycles. The summed E-state index contributed by atoms with van der Waals surface area (Å²) in [7, 11) is 0. The summed E-state index contributed by atoms with van der Waals surface area (Å²) in [6, 6.07) is 7.84. The van der Waals surface area contributed by atoms with Crippen LogP contribution in [0, 0.1) is 17.0 Å². The molecule has 0 saturated heterocycles. The third kappa shape index (κ3) is 3.50. The SMILES string of the molecule is O=C(NC[C@]12CC[C@](n3cc4ccc(Br)cc4n3)(CC1)CC2)c1cc(F)c(O)c(F)c1. The number of rotatable bonds is 4. The molecule has 3 aliphatic carbocycles. The maximum Gasteiger partial charge on any atom is 0.251 e. The number of nitrogens with one attached hydrogen (secondary N) is 1. The number of phenolic OH excluding ortho intramolecular Hbond substituents is 1. The lowest BCUT2D eigenvalue weighted by atomic mass is 9.57. The summed E-state index contributed by atoms with van der Waals surface area (Å²) in [6.45, 7) is 0.472. The van der Waals surface area contributed by atoms with Crippen molar-refractivity contribution >= 4 is 32.7 Å². The molecule has 0 radical (unpaired) electrons. The van der Waals surface area contributed by atoms with Crippen LogP contribution in [0.5, 0.6) is 5.75 Å². The lowest BCUT2D eigenvalue weighted by molar-refractivity contribution is -0.00562. The third-order valence-electron chi connectivity index (χ3n) is 7.22. The Balaban J connectivity index is 1.27. The zero-order valence-electron chi connectivity index (χ0n) is 16.8. The molecule has 1 aromatic heterocycles. The number of aromatic nitrogens is 2. The summed E-state index contributed by atoms with van der Waals surface area (Å²) in [5, 5.41) is 18.1. The van der Waals surface area contributed by atoms with E-state index in [1.54, 1.807) is 0 Å². The number of hydrogen-bond acceptors (Lipinski definition) is 3. The molecule has 3 aromatic rings. The fourth-order valence-electron chi connectivity index (χ4n) is 5.15. The second-order valence-corrected chi connectivity index (χ2v) is 9.89. The van der Waals surface area contributed by atoms with Gasteiger partial charge in [-0.1, -0.05) is 22.0 Å². The van der Waals surface area contributed by atoms with E-state index in [9.17, 15) is 18.7 Å². The van der Waals surface area contributed by atoms with Crippen molar-refractivity contribution in [2.45, 2.75) is 44.1 Å². The first-order chi connectivity index (χ1) is 14.8. The van der Waals surface area contributed by atoms with Crippen LogP contribution < -0.4 is 5.32 Å². The number of fused-ring (bicyclic) bond motifs is 4. The Hall–Kier alpha value is -2.48. The molecule has 0 spiro atoms. The van der Waals surface area contributed by atoms with Gasteiger partial charge in [0, 0.05) is 28.2 Å². The number of halogens is 3. The van der Waals surface area contributed by atoms with E-state index in [4.69, 9.17) is 5.10 Å². The van der Waals surface area contributed by atoms with E-state index in [2.05, 4.69) is 38.2 Å². The summed E-state index contributed by atoms with van der Waals surface area (Å²) >= 11 is 3.50. The lowest BCUT2D eigenvalue weighted by Crippen LogP contribution is -2.51. The van der Waals surface area contributed by atoms with Crippen LogP contribution in [0.2, 0.25) is 0 Å². The Morgan fingerprint density at radius 3 is 2.39 bits per heavy atom. The van der Waals surface area contributed by atoms with Crippen LogP contribution in [-0.2, 0) is 5.54 Å². The summed E-state index contributed by atoms with van der Waals surface area (Å²) in [4.78, 5) is 12.4. The third-order valence-corrected chi connectivity index (χ3v) is 7.71. The number of hydrogen-bond donors (Lipinski definition) is 2. The minimum absolute atomic E-state index is 0.00101. The van der Waals surface area contributed by atoms with Gasteiger partial charge in [-0.2, -0.15) is 5.10 Å². The summed E-state index contributed by atoms with van der Waals surface area (Å²) in [6.07, 6.45) is 7.99. The molecule has 0 aliphatic heterocycles. The van der Waals surface area contributed by atoms with Gasteiger partial charge >= 0.3 is 0 Å². The molecule has 3 fully saturated rings. The molecule has 162 valence electrons. The first-order valence-electron chi connectivity index (χ1n) is 10.4. The topological polar surface area (TPSA) is 67.2 Å². The van der Waals surface area contributed by atoms with Gasteiger partial charge in [-0.3, -0.25) is 9.48 Å². The van der Waals surface area contributed by atoms with Crippen molar-refractivity contribution in [2.75, 3.05) is 6.54 Å². The first kappa shape index (κ1) is 20.4. The van der Waals surface area contributed by atoms with Crippen LogP contribution >= 0.6 is 15.9 Å². The van der Waals surface area contributed by atoms with Crippen LogP contribution in [0.15, 0.2) is 41.0 Å². The van der Waals surface area contributed by atoms with Gasteiger partial charge in [0.1, 0.15) is 0 Å². The molecule has 0 atom stereocenters. The number of benzene rings is 2. The standard InChI is InChI=1S/C23H22BrF2N3O2/c24-16-2-1-14-12-29(28-19(14)11-16)23-6-3-22(4-7-23,5-8-23)13-27-21(31)15-9-17(25)20(30)18(26)10-15/h1-2,9-12,30H,3-8,13H2,(H,27,31)/t22-,23+. The number of phenols is 1. The number of nitrogens with zero attached hydrogens (tertiary/aromatic N) is 2. The Bertz CT molecular complexity index is 1150. The number of carbonyl (C=O) groups is 1. The van der Waals surface area contributed by atoms with Gasteiger partial charge in [-0.15, -0.1) is 0 Å². The predicted octanol–water partition coefficient (Wildman–Crippen LogP) is 5.26. The van der Waals surface area contributed by atoms with E-state index in [1.165, 1.54) is 0 Å². The van der Waals surface area contributed by atoms with Gasteiger partial charge < -0.3 is 10.4 Å². The quantitative estimate of drug-likeness (QED) is 0.524. The van der Waals surface area contributed by atoms with Gasteiger partial charge in [-0.05, 0) is 68.2 Å². The van der Waals surface area contributed by atoms with Gasteiger partial charge in [0.15, 0.2) is 17.4 Å². The molecule has 2 aromatic carbocycles. The molecule has 2 bridgehead atoms. The molecule has 31 heavy (non-hydrogen) atoms. The molecule has 5 nitrogen and oxygen atoms in total. The molecular formula is C23H22BrF2N3O2. The van der Waals surface area contributed by atoms with Gasteiger partial charge in [0.05, 0.1) is 11.1 Å². The Morgan fingerprint density at radius 2 is 1.74 bits per heavy atom. The zero-order chi connectivity index (χ0) is 21.8. The van der Waals surface area contributed by atoms with E-state index in [0.717, 1.165) is 66.0 Å². The average molecular weight is 490 g/mol.